The van der Waals surface area contributed by atoms with E-state index in [1.54, 1.807) is 6.07 Å². The molecule has 0 saturated carbocycles. The Bertz CT molecular complexity index is 325. The van der Waals surface area contributed by atoms with Crippen molar-refractivity contribution in [1.82, 2.24) is 5.32 Å². The average Bonchev–Trinajstić information content (AvgIpc) is 2.23. The Kier molecular flexibility index (Phi) is 5.22. The predicted molar refractivity (Wildman–Crippen MR) is 64.6 cm³/mol. The number of ether oxygens (including phenoxy) is 1. The number of halogens is 1. The first-order valence-electron chi connectivity index (χ1n) is 4.98. The van der Waals surface area contributed by atoms with Gasteiger partial charge < -0.3 is 10.1 Å². The standard InChI is InChI=1S/C12H16ClNO/c1-3-14-8-10(2)9-15-12-6-4-5-11(13)7-12/h4-7,14H,2-3,8-9H2,1H3. The topological polar surface area (TPSA) is 21.3 Å². The number of hydrogen-bond donors (Lipinski definition) is 1. The summed E-state index contributed by atoms with van der Waals surface area (Å²) in [6, 6.07) is 7.36. The van der Waals surface area contributed by atoms with Crippen molar-refractivity contribution in [2.75, 3.05) is 19.7 Å². The largest absolute Gasteiger partial charge is 0.489 e. The van der Waals surface area contributed by atoms with Crippen molar-refractivity contribution in [3.8, 4) is 5.75 Å². The second-order valence-electron chi connectivity index (χ2n) is 3.28. The lowest BCUT2D eigenvalue weighted by Crippen LogP contribution is -2.18. The Morgan fingerprint density at radius 2 is 2.33 bits per heavy atom. The van der Waals surface area contributed by atoms with Crippen molar-refractivity contribution in [3.05, 3.63) is 41.4 Å². The third-order valence-electron chi connectivity index (χ3n) is 1.86. The number of rotatable bonds is 6. The van der Waals surface area contributed by atoms with Crippen LogP contribution in [0.4, 0.5) is 0 Å². The van der Waals surface area contributed by atoms with Crippen LogP contribution in [0.1, 0.15) is 6.92 Å². The molecule has 1 N–H and O–H groups in total. The molecule has 0 spiro atoms. The van der Waals surface area contributed by atoms with Crippen LogP contribution in [0, 0.1) is 0 Å². The molecule has 0 amide bonds. The van der Waals surface area contributed by atoms with E-state index in [4.69, 9.17) is 16.3 Å². The third-order valence-corrected chi connectivity index (χ3v) is 2.10. The maximum atomic E-state index is 5.83. The molecule has 2 nitrogen and oxygen atoms in total. The molecule has 0 bridgehead atoms. The Balaban J connectivity index is 2.33. The van der Waals surface area contributed by atoms with Gasteiger partial charge in [0.15, 0.2) is 0 Å². The summed E-state index contributed by atoms with van der Waals surface area (Å²) in [5.41, 5.74) is 1.02. The van der Waals surface area contributed by atoms with E-state index in [0.29, 0.717) is 11.6 Å². The van der Waals surface area contributed by atoms with E-state index in [1.165, 1.54) is 0 Å². The van der Waals surface area contributed by atoms with Crippen LogP contribution in [-0.2, 0) is 0 Å². The van der Waals surface area contributed by atoms with Crippen LogP contribution < -0.4 is 10.1 Å². The van der Waals surface area contributed by atoms with Crippen molar-refractivity contribution in [3.63, 3.8) is 0 Å². The van der Waals surface area contributed by atoms with Gasteiger partial charge >= 0.3 is 0 Å². The van der Waals surface area contributed by atoms with Gasteiger partial charge in [-0.2, -0.15) is 0 Å². The summed E-state index contributed by atoms with van der Waals surface area (Å²) in [5.74, 6) is 0.778. The first-order valence-corrected chi connectivity index (χ1v) is 5.36. The smallest absolute Gasteiger partial charge is 0.121 e. The van der Waals surface area contributed by atoms with E-state index in [-0.39, 0.29) is 0 Å². The molecular weight excluding hydrogens is 210 g/mol. The molecule has 0 aliphatic carbocycles. The number of nitrogens with one attached hydrogen (secondary N) is 1. The van der Waals surface area contributed by atoms with Gasteiger partial charge in [-0.3, -0.25) is 0 Å². The Morgan fingerprint density at radius 1 is 1.53 bits per heavy atom. The second-order valence-corrected chi connectivity index (χ2v) is 3.71. The van der Waals surface area contributed by atoms with Crippen LogP contribution in [0.15, 0.2) is 36.4 Å². The molecule has 0 saturated heterocycles. The molecule has 1 aromatic carbocycles. The van der Waals surface area contributed by atoms with Gasteiger partial charge in [0.25, 0.3) is 0 Å². The lowest BCUT2D eigenvalue weighted by molar-refractivity contribution is 0.348. The maximum Gasteiger partial charge on any atom is 0.121 e. The SMILES string of the molecule is C=C(CNCC)COc1cccc(Cl)c1. The Morgan fingerprint density at radius 3 is 3.00 bits per heavy atom. The molecule has 0 aromatic heterocycles. The van der Waals surface area contributed by atoms with Gasteiger partial charge in [0, 0.05) is 11.6 Å². The third kappa shape index (κ3) is 4.86. The van der Waals surface area contributed by atoms with Gasteiger partial charge in [-0.25, -0.2) is 0 Å². The van der Waals surface area contributed by atoms with E-state index in [1.807, 2.05) is 18.2 Å². The monoisotopic (exact) mass is 225 g/mol. The molecule has 0 fully saturated rings. The summed E-state index contributed by atoms with van der Waals surface area (Å²) >= 11 is 5.83. The summed E-state index contributed by atoms with van der Waals surface area (Å²) in [4.78, 5) is 0. The average molecular weight is 226 g/mol. The van der Waals surface area contributed by atoms with Gasteiger partial charge in [-0.15, -0.1) is 0 Å². The van der Waals surface area contributed by atoms with Crippen LogP contribution in [0.3, 0.4) is 0 Å². The van der Waals surface area contributed by atoms with E-state index < -0.39 is 0 Å². The summed E-state index contributed by atoms with van der Waals surface area (Å²) in [7, 11) is 0. The highest BCUT2D eigenvalue weighted by Crippen LogP contribution is 2.17. The summed E-state index contributed by atoms with van der Waals surface area (Å²) in [5, 5.41) is 3.88. The first-order chi connectivity index (χ1) is 7.22. The zero-order valence-corrected chi connectivity index (χ0v) is 9.68. The fourth-order valence-corrected chi connectivity index (χ4v) is 1.28. The minimum atomic E-state index is 0.521. The Hall–Kier alpha value is -0.990. The van der Waals surface area contributed by atoms with Crippen LogP contribution in [0.5, 0.6) is 5.75 Å². The van der Waals surface area contributed by atoms with Gasteiger partial charge in [0.05, 0.1) is 0 Å². The van der Waals surface area contributed by atoms with Crippen LogP contribution >= 0.6 is 11.6 Å². The zero-order chi connectivity index (χ0) is 11.1. The summed E-state index contributed by atoms with van der Waals surface area (Å²) in [6.45, 7) is 8.22. The van der Waals surface area contributed by atoms with Crippen molar-refractivity contribution >= 4 is 11.6 Å². The maximum absolute atomic E-state index is 5.83. The lowest BCUT2D eigenvalue weighted by atomic mass is 10.3. The quantitative estimate of drug-likeness (QED) is 0.752. The molecule has 0 aliphatic heterocycles. The molecule has 0 aliphatic rings. The minimum Gasteiger partial charge on any atom is -0.489 e. The highest BCUT2D eigenvalue weighted by molar-refractivity contribution is 6.30. The molecule has 3 heteroatoms. The molecule has 0 heterocycles. The minimum absolute atomic E-state index is 0.521. The van der Waals surface area contributed by atoms with Crippen molar-refractivity contribution < 1.29 is 4.74 Å². The van der Waals surface area contributed by atoms with Crippen molar-refractivity contribution in [1.29, 1.82) is 0 Å². The molecule has 15 heavy (non-hydrogen) atoms. The highest BCUT2D eigenvalue weighted by atomic mass is 35.5. The normalized spacial score (nSPS) is 10.0. The fraction of sp³-hybridized carbons (Fsp3) is 0.333. The van der Waals surface area contributed by atoms with E-state index in [9.17, 15) is 0 Å². The molecule has 0 unspecified atom stereocenters. The number of likely N-dealkylation sites (N-methyl/N-ethyl adjacent to an activating group) is 1. The number of benzene rings is 1. The summed E-state index contributed by atoms with van der Waals surface area (Å²) < 4.78 is 5.52. The molecule has 0 atom stereocenters. The van der Waals surface area contributed by atoms with Gasteiger partial charge in [0.2, 0.25) is 0 Å². The van der Waals surface area contributed by atoms with Gasteiger partial charge in [-0.1, -0.05) is 31.2 Å². The molecular formula is C12H16ClNO. The predicted octanol–water partition coefficient (Wildman–Crippen LogP) is 2.88. The Labute approximate surface area is 95.9 Å². The fourth-order valence-electron chi connectivity index (χ4n) is 1.09. The van der Waals surface area contributed by atoms with Gasteiger partial charge in [-0.05, 0) is 30.3 Å². The van der Waals surface area contributed by atoms with E-state index in [0.717, 1.165) is 24.4 Å². The highest BCUT2D eigenvalue weighted by Gasteiger charge is 1.97. The zero-order valence-electron chi connectivity index (χ0n) is 8.92. The van der Waals surface area contributed by atoms with Crippen LogP contribution in [-0.4, -0.2) is 19.7 Å². The van der Waals surface area contributed by atoms with Crippen molar-refractivity contribution in [2.45, 2.75) is 6.92 Å². The summed E-state index contributed by atoms with van der Waals surface area (Å²) in [6.07, 6.45) is 0. The molecule has 0 radical (unpaired) electrons. The van der Waals surface area contributed by atoms with E-state index in [2.05, 4.69) is 18.8 Å². The van der Waals surface area contributed by atoms with E-state index >= 15 is 0 Å². The molecule has 1 aromatic rings. The van der Waals surface area contributed by atoms with Crippen LogP contribution in [0.25, 0.3) is 0 Å². The molecule has 82 valence electrons. The number of hydrogen-bond acceptors (Lipinski definition) is 2. The van der Waals surface area contributed by atoms with Gasteiger partial charge in [0.1, 0.15) is 12.4 Å². The second kappa shape index (κ2) is 6.49. The lowest BCUT2D eigenvalue weighted by Gasteiger charge is -2.09. The molecule has 1 rings (SSSR count). The van der Waals surface area contributed by atoms with Crippen molar-refractivity contribution in [2.24, 2.45) is 0 Å². The first kappa shape index (κ1) is 12.1. The van der Waals surface area contributed by atoms with Crippen LogP contribution in [0.2, 0.25) is 5.02 Å².